The van der Waals surface area contributed by atoms with Gasteiger partial charge in [0.25, 0.3) is 5.91 Å². The molecule has 0 spiro atoms. The topological polar surface area (TPSA) is 41.4 Å². The van der Waals surface area contributed by atoms with Crippen LogP contribution in [0.1, 0.15) is 48.4 Å². The number of nitrogens with zero attached hydrogens (tertiary/aromatic N) is 4. The highest BCUT2D eigenvalue weighted by molar-refractivity contribution is 5.94. The molecule has 0 N–H and O–H groups in total. The summed E-state index contributed by atoms with van der Waals surface area (Å²) in [6, 6.07) is 9.19. The van der Waals surface area contributed by atoms with Crippen molar-refractivity contribution < 1.29 is 13.6 Å². The molecule has 0 radical (unpaired) electrons. The van der Waals surface area contributed by atoms with Gasteiger partial charge in [-0.25, -0.2) is 13.8 Å². The molecule has 0 aliphatic carbocycles. The van der Waals surface area contributed by atoms with Crippen molar-refractivity contribution in [3.63, 3.8) is 0 Å². The van der Waals surface area contributed by atoms with Crippen molar-refractivity contribution in [2.45, 2.75) is 46.3 Å². The third-order valence-corrected chi connectivity index (χ3v) is 5.79. The Bertz CT molecular complexity index is 1180. The van der Waals surface area contributed by atoms with Gasteiger partial charge in [0.2, 0.25) is 0 Å². The standard InChI is InChI=1S/C28H34F2N4O/c1-5-13-32(14-6-2)19-21-9-12-26-25(17-21)31-27(34(26)16-8-4)20-33(15-7-3)28(35)23-18-22(29)10-11-24(23)30/h5-6,9-12,17-18H,1-2,7-8,13-16,19-20H2,3-4H3. The summed E-state index contributed by atoms with van der Waals surface area (Å²) in [6.07, 6.45) is 5.32. The second-order valence-electron chi connectivity index (χ2n) is 8.63. The SMILES string of the molecule is C=CCN(CC=C)Cc1ccc2c(c1)nc(CN(CCC)C(=O)c1cc(F)ccc1F)n2CCC. The summed E-state index contributed by atoms with van der Waals surface area (Å²) in [5.74, 6) is -1.18. The minimum absolute atomic E-state index is 0.214. The van der Waals surface area contributed by atoms with Crippen molar-refractivity contribution in [3.8, 4) is 0 Å². The monoisotopic (exact) mass is 480 g/mol. The summed E-state index contributed by atoms with van der Waals surface area (Å²) in [5.41, 5.74) is 2.70. The summed E-state index contributed by atoms with van der Waals surface area (Å²) in [7, 11) is 0. The number of benzene rings is 2. The molecule has 0 aliphatic rings. The van der Waals surface area contributed by atoms with E-state index in [0.717, 1.165) is 73.2 Å². The van der Waals surface area contributed by atoms with E-state index in [2.05, 4.69) is 47.7 Å². The van der Waals surface area contributed by atoms with Gasteiger partial charge in [-0.3, -0.25) is 9.69 Å². The summed E-state index contributed by atoms with van der Waals surface area (Å²) < 4.78 is 30.2. The average molecular weight is 481 g/mol. The predicted octanol–water partition coefficient (Wildman–Crippen LogP) is 5.95. The van der Waals surface area contributed by atoms with Crippen LogP contribution < -0.4 is 0 Å². The van der Waals surface area contributed by atoms with Crippen LogP contribution in [0.4, 0.5) is 8.78 Å². The zero-order valence-corrected chi connectivity index (χ0v) is 20.6. The lowest BCUT2D eigenvalue weighted by Gasteiger charge is -2.23. The van der Waals surface area contributed by atoms with Gasteiger partial charge in [0.15, 0.2) is 0 Å². The Morgan fingerprint density at radius 2 is 1.77 bits per heavy atom. The number of fused-ring (bicyclic) bond motifs is 1. The smallest absolute Gasteiger partial charge is 0.257 e. The van der Waals surface area contributed by atoms with Gasteiger partial charge in [-0.2, -0.15) is 0 Å². The van der Waals surface area contributed by atoms with Crippen molar-refractivity contribution in [2.24, 2.45) is 0 Å². The second-order valence-corrected chi connectivity index (χ2v) is 8.63. The maximum absolute atomic E-state index is 14.3. The number of rotatable bonds is 13. The third kappa shape index (κ3) is 6.42. The number of aryl methyl sites for hydroxylation is 1. The first-order chi connectivity index (χ1) is 16.9. The zero-order chi connectivity index (χ0) is 25.4. The fourth-order valence-electron chi connectivity index (χ4n) is 4.27. The molecule has 186 valence electrons. The molecular weight excluding hydrogens is 446 g/mol. The lowest BCUT2D eigenvalue weighted by molar-refractivity contribution is 0.0732. The number of hydrogen-bond donors (Lipinski definition) is 0. The van der Waals surface area contributed by atoms with Crippen LogP contribution in [-0.2, 0) is 19.6 Å². The molecule has 0 unspecified atom stereocenters. The third-order valence-electron chi connectivity index (χ3n) is 5.79. The lowest BCUT2D eigenvalue weighted by Crippen LogP contribution is -2.33. The van der Waals surface area contributed by atoms with E-state index < -0.39 is 17.5 Å². The largest absolute Gasteiger partial charge is 0.331 e. The molecule has 0 atom stereocenters. The van der Waals surface area contributed by atoms with E-state index in [4.69, 9.17) is 4.98 Å². The highest BCUT2D eigenvalue weighted by atomic mass is 19.1. The van der Waals surface area contributed by atoms with Crippen LogP contribution in [0, 0.1) is 11.6 Å². The Labute approximate surface area is 206 Å². The molecule has 5 nitrogen and oxygen atoms in total. The van der Waals surface area contributed by atoms with Gasteiger partial charge >= 0.3 is 0 Å². The van der Waals surface area contributed by atoms with Gasteiger partial charge in [-0.15, -0.1) is 13.2 Å². The maximum Gasteiger partial charge on any atom is 0.257 e. The Balaban J connectivity index is 1.95. The van der Waals surface area contributed by atoms with Gasteiger partial charge in [-0.05, 0) is 48.7 Å². The number of amides is 1. The van der Waals surface area contributed by atoms with E-state index in [0.29, 0.717) is 13.0 Å². The quantitative estimate of drug-likeness (QED) is 0.284. The second kappa shape index (κ2) is 12.4. The fraction of sp³-hybridized carbons (Fsp3) is 0.357. The number of carbonyl (C=O) groups excluding carboxylic acids is 1. The minimum Gasteiger partial charge on any atom is -0.331 e. The fourth-order valence-corrected chi connectivity index (χ4v) is 4.27. The van der Waals surface area contributed by atoms with E-state index in [-0.39, 0.29) is 12.1 Å². The molecular formula is C28H34F2N4O. The van der Waals surface area contributed by atoms with Gasteiger partial charge in [0, 0.05) is 32.7 Å². The van der Waals surface area contributed by atoms with Gasteiger partial charge in [-0.1, -0.05) is 32.1 Å². The van der Waals surface area contributed by atoms with Crippen molar-refractivity contribution in [2.75, 3.05) is 19.6 Å². The lowest BCUT2D eigenvalue weighted by atomic mass is 10.1. The van der Waals surface area contributed by atoms with E-state index in [9.17, 15) is 13.6 Å². The van der Waals surface area contributed by atoms with Gasteiger partial charge in [0.1, 0.15) is 17.5 Å². The minimum atomic E-state index is -0.729. The van der Waals surface area contributed by atoms with Crippen molar-refractivity contribution in [1.82, 2.24) is 19.4 Å². The first-order valence-electron chi connectivity index (χ1n) is 12.1. The average Bonchev–Trinajstić information content (AvgIpc) is 3.16. The van der Waals surface area contributed by atoms with Gasteiger partial charge in [0.05, 0.1) is 23.1 Å². The number of carbonyl (C=O) groups is 1. The normalized spacial score (nSPS) is 11.2. The molecule has 3 rings (SSSR count). The zero-order valence-electron chi connectivity index (χ0n) is 20.6. The summed E-state index contributed by atoms with van der Waals surface area (Å²) in [5, 5.41) is 0. The van der Waals surface area contributed by atoms with Gasteiger partial charge < -0.3 is 9.47 Å². The highest BCUT2D eigenvalue weighted by Crippen LogP contribution is 2.22. The number of aromatic nitrogens is 2. The summed E-state index contributed by atoms with van der Waals surface area (Å²) >= 11 is 0. The molecule has 0 fully saturated rings. The van der Waals surface area contributed by atoms with Crippen LogP contribution >= 0.6 is 0 Å². The Kier molecular flexibility index (Phi) is 9.32. The molecule has 35 heavy (non-hydrogen) atoms. The number of halogens is 2. The highest BCUT2D eigenvalue weighted by Gasteiger charge is 2.22. The predicted molar refractivity (Wildman–Crippen MR) is 137 cm³/mol. The molecule has 7 heteroatoms. The molecule has 0 aliphatic heterocycles. The van der Waals surface area contributed by atoms with Crippen molar-refractivity contribution >= 4 is 16.9 Å². The van der Waals surface area contributed by atoms with Crippen LogP contribution in [0.5, 0.6) is 0 Å². The summed E-state index contributed by atoms with van der Waals surface area (Å²) in [4.78, 5) is 21.8. The Morgan fingerprint density at radius 3 is 2.43 bits per heavy atom. The first kappa shape index (κ1) is 26.3. The van der Waals surface area contributed by atoms with Crippen molar-refractivity contribution in [3.05, 3.63) is 90.3 Å². The molecule has 0 saturated heterocycles. The van der Waals surface area contributed by atoms with E-state index >= 15 is 0 Å². The van der Waals surface area contributed by atoms with Crippen LogP contribution in [0.2, 0.25) is 0 Å². The molecule has 2 aromatic carbocycles. The molecule has 1 heterocycles. The van der Waals surface area contributed by atoms with Crippen molar-refractivity contribution in [1.29, 1.82) is 0 Å². The Morgan fingerprint density at radius 1 is 1.03 bits per heavy atom. The van der Waals surface area contributed by atoms with Crippen LogP contribution in [0.15, 0.2) is 61.7 Å². The van der Waals surface area contributed by atoms with Crippen LogP contribution in [0.25, 0.3) is 11.0 Å². The maximum atomic E-state index is 14.3. The summed E-state index contributed by atoms with van der Waals surface area (Å²) in [6.45, 7) is 15.3. The molecule has 0 bridgehead atoms. The van der Waals surface area contributed by atoms with Crippen LogP contribution in [0.3, 0.4) is 0 Å². The first-order valence-corrected chi connectivity index (χ1v) is 12.1. The van der Waals surface area contributed by atoms with E-state index in [1.165, 1.54) is 0 Å². The molecule has 3 aromatic rings. The van der Waals surface area contributed by atoms with E-state index in [1.807, 2.05) is 19.1 Å². The molecule has 1 amide bonds. The number of imidazole rings is 1. The number of hydrogen-bond acceptors (Lipinski definition) is 3. The van der Waals surface area contributed by atoms with E-state index in [1.54, 1.807) is 4.90 Å². The Hall–Kier alpha value is -3.32. The van der Waals surface area contributed by atoms with Crippen LogP contribution in [-0.4, -0.2) is 44.9 Å². The molecule has 0 saturated carbocycles. The molecule has 1 aromatic heterocycles.